The van der Waals surface area contributed by atoms with Crippen molar-refractivity contribution in [2.45, 2.75) is 38.0 Å². The summed E-state index contributed by atoms with van der Waals surface area (Å²) in [4.78, 5) is 19.0. The summed E-state index contributed by atoms with van der Waals surface area (Å²) in [6.07, 6.45) is 2.79. The second-order valence-corrected chi connectivity index (χ2v) is 8.11. The quantitative estimate of drug-likeness (QED) is 0.706. The highest BCUT2D eigenvalue weighted by molar-refractivity contribution is 14.1. The Morgan fingerprint density at radius 1 is 1.27 bits per heavy atom. The molecule has 6 nitrogen and oxygen atoms in total. The number of amides is 1. The van der Waals surface area contributed by atoms with E-state index in [4.69, 9.17) is 15.5 Å². The summed E-state index contributed by atoms with van der Waals surface area (Å²) in [7, 11) is 2.14. The van der Waals surface area contributed by atoms with Crippen molar-refractivity contribution >= 4 is 28.5 Å². The van der Waals surface area contributed by atoms with Crippen LogP contribution >= 0.6 is 22.6 Å². The number of nitrogens with zero attached hydrogens (tertiary/aromatic N) is 3. The molecule has 138 valence electrons. The number of ether oxygens (including phenoxy) is 1. The van der Waals surface area contributed by atoms with Crippen LogP contribution in [0, 0.1) is 3.70 Å². The Hall–Kier alpha value is -1.45. The second-order valence-electron chi connectivity index (χ2n) is 7.09. The van der Waals surface area contributed by atoms with E-state index in [2.05, 4.69) is 52.7 Å². The van der Waals surface area contributed by atoms with E-state index in [1.165, 1.54) is 5.56 Å². The molecule has 2 aliphatic heterocycles. The molecule has 0 aliphatic carbocycles. The van der Waals surface area contributed by atoms with Gasteiger partial charge >= 0.3 is 0 Å². The summed E-state index contributed by atoms with van der Waals surface area (Å²) in [5.74, 6) is 0.365. The maximum absolute atomic E-state index is 12.0. The van der Waals surface area contributed by atoms with Gasteiger partial charge in [-0.1, -0.05) is 24.3 Å². The van der Waals surface area contributed by atoms with Gasteiger partial charge in [0.05, 0.1) is 6.10 Å². The normalized spacial score (nSPS) is 21.1. The Labute approximate surface area is 166 Å². The van der Waals surface area contributed by atoms with Crippen molar-refractivity contribution in [2.24, 2.45) is 5.73 Å². The first kappa shape index (κ1) is 17.9. The van der Waals surface area contributed by atoms with E-state index in [1.807, 2.05) is 10.6 Å². The van der Waals surface area contributed by atoms with Gasteiger partial charge in [0.1, 0.15) is 21.3 Å². The molecule has 2 N–H and O–H groups in total. The lowest BCUT2D eigenvalue weighted by atomic mass is 10.00. The Kier molecular flexibility index (Phi) is 5.02. The first-order chi connectivity index (χ1) is 12.5. The van der Waals surface area contributed by atoms with Crippen molar-refractivity contribution in [3.05, 3.63) is 50.6 Å². The van der Waals surface area contributed by atoms with E-state index in [0.29, 0.717) is 15.9 Å². The fraction of sp³-hybridized carbons (Fsp3) is 0.474. The molecule has 0 spiro atoms. The molecule has 2 aliphatic rings. The van der Waals surface area contributed by atoms with E-state index in [-0.39, 0.29) is 12.2 Å². The minimum absolute atomic E-state index is 0.196. The molecule has 26 heavy (non-hydrogen) atoms. The summed E-state index contributed by atoms with van der Waals surface area (Å²) < 4.78 is 9.21. The molecular weight excluding hydrogens is 443 g/mol. The molecule has 0 radical (unpaired) electrons. The van der Waals surface area contributed by atoms with Crippen LogP contribution in [0.25, 0.3) is 0 Å². The number of primary amides is 1. The van der Waals surface area contributed by atoms with Crippen LogP contribution in [0.4, 0.5) is 0 Å². The fourth-order valence-electron chi connectivity index (χ4n) is 3.94. The minimum Gasteiger partial charge on any atom is -0.364 e. The SMILES string of the molecule is CN1CCC(OC2c3ccccc3CCn3c2nc(I)c3C(N)=O)CC1. The second kappa shape index (κ2) is 7.28. The lowest BCUT2D eigenvalue weighted by Gasteiger charge is -2.32. The predicted molar refractivity (Wildman–Crippen MR) is 107 cm³/mol. The van der Waals surface area contributed by atoms with Crippen molar-refractivity contribution < 1.29 is 9.53 Å². The van der Waals surface area contributed by atoms with Crippen LogP contribution in [0.2, 0.25) is 0 Å². The highest BCUT2D eigenvalue weighted by atomic mass is 127. The number of hydrogen-bond donors (Lipinski definition) is 1. The number of imidazole rings is 1. The molecule has 1 aromatic carbocycles. The van der Waals surface area contributed by atoms with E-state index in [0.717, 1.165) is 43.7 Å². The van der Waals surface area contributed by atoms with Crippen molar-refractivity contribution in [1.29, 1.82) is 0 Å². The maximum atomic E-state index is 12.0. The molecule has 0 bridgehead atoms. The van der Waals surface area contributed by atoms with Gasteiger partial charge in [0.25, 0.3) is 5.91 Å². The summed E-state index contributed by atoms with van der Waals surface area (Å²) in [6, 6.07) is 8.36. The van der Waals surface area contributed by atoms with Crippen LogP contribution in [0.5, 0.6) is 0 Å². The van der Waals surface area contributed by atoms with Crippen molar-refractivity contribution in [3.8, 4) is 0 Å². The average Bonchev–Trinajstić information content (AvgIpc) is 2.88. The number of piperidine rings is 1. The van der Waals surface area contributed by atoms with Gasteiger partial charge in [0.2, 0.25) is 0 Å². The van der Waals surface area contributed by atoms with Gasteiger partial charge in [-0.05, 0) is 60.0 Å². The zero-order valence-corrected chi connectivity index (χ0v) is 17.0. The number of hydrogen-bond acceptors (Lipinski definition) is 4. The topological polar surface area (TPSA) is 73.4 Å². The maximum Gasteiger partial charge on any atom is 0.268 e. The number of fused-ring (bicyclic) bond motifs is 2. The first-order valence-corrected chi connectivity index (χ1v) is 10.1. The number of carbonyl (C=O) groups is 1. The number of aryl methyl sites for hydroxylation is 1. The Balaban J connectivity index is 1.76. The van der Waals surface area contributed by atoms with Crippen LogP contribution < -0.4 is 5.73 Å². The van der Waals surface area contributed by atoms with Crippen molar-refractivity contribution in [2.75, 3.05) is 20.1 Å². The average molecular weight is 466 g/mol. The summed E-state index contributed by atoms with van der Waals surface area (Å²) >= 11 is 2.10. The molecular formula is C19H23IN4O2. The van der Waals surface area contributed by atoms with Crippen LogP contribution in [0.15, 0.2) is 24.3 Å². The van der Waals surface area contributed by atoms with Gasteiger partial charge in [-0.3, -0.25) is 4.79 Å². The predicted octanol–water partition coefficient (Wildman–Crippen LogP) is 2.34. The Morgan fingerprint density at radius 2 is 2.00 bits per heavy atom. The molecule has 3 heterocycles. The van der Waals surface area contributed by atoms with Crippen LogP contribution in [0.1, 0.15) is 46.4 Å². The molecule has 7 heteroatoms. The molecule has 1 saturated heterocycles. The molecule has 0 saturated carbocycles. The van der Waals surface area contributed by atoms with Gasteiger partial charge in [-0.15, -0.1) is 0 Å². The molecule has 1 aromatic heterocycles. The van der Waals surface area contributed by atoms with Gasteiger partial charge in [-0.2, -0.15) is 0 Å². The smallest absolute Gasteiger partial charge is 0.268 e. The van der Waals surface area contributed by atoms with Crippen LogP contribution in [-0.4, -0.2) is 46.6 Å². The molecule has 1 fully saturated rings. The summed E-state index contributed by atoms with van der Waals surface area (Å²) in [5.41, 5.74) is 8.53. The van der Waals surface area contributed by atoms with E-state index in [9.17, 15) is 4.79 Å². The zero-order chi connectivity index (χ0) is 18.3. The Bertz CT molecular complexity index is 827. The Morgan fingerprint density at radius 3 is 2.73 bits per heavy atom. The lowest BCUT2D eigenvalue weighted by Crippen LogP contribution is -2.35. The third-order valence-corrected chi connectivity index (χ3v) is 6.11. The minimum atomic E-state index is -0.433. The molecule has 1 unspecified atom stereocenters. The third kappa shape index (κ3) is 3.27. The van der Waals surface area contributed by atoms with Crippen molar-refractivity contribution in [1.82, 2.24) is 14.5 Å². The number of carbonyl (C=O) groups excluding carboxylic acids is 1. The van der Waals surface area contributed by atoms with Gasteiger partial charge < -0.3 is 19.9 Å². The van der Waals surface area contributed by atoms with Gasteiger partial charge in [-0.25, -0.2) is 4.98 Å². The fourth-order valence-corrected chi connectivity index (χ4v) is 4.74. The van der Waals surface area contributed by atoms with Gasteiger partial charge in [0.15, 0.2) is 0 Å². The highest BCUT2D eigenvalue weighted by Crippen LogP contribution is 2.35. The monoisotopic (exact) mass is 466 g/mol. The number of nitrogens with two attached hydrogens (primary N) is 1. The number of aromatic nitrogens is 2. The van der Waals surface area contributed by atoms with Crippen LogP contribution in [0.3, 0.4) is 0 Å². The molecule has 1 amide bonds. The van der Waals surface area contributed by atoms with E-state index in [1.54, 1.807) is 0 Å². The molecule has 2 aromatic rings. The lowest BCUT2D eigenvalue weighted by molar-refractivity contribution is -0.0276. The number of likely N-dealkylation sites (tertiary alicyclic amines) is 1. The molecule has 4 rings (SSSR count). The number of benzene rings is 1. The number of halogens is 1. The van der Waals surface area contributed by atoms with Crippen molar-refractivity contribution in [3.63, 3.8) is 0 Å². The largest absolute Gasteiger partial charge is 0.364 e. The highest BCUT2D eigenvalue weighted by Gasteiger charge is 2.33. The zero-order valence-electron chi connectivity index (χ0n) is 14.8. The summed E-state index contributed by atoms with van der Waals surface area (Å²) in [5, 5.41) is 0. The number of rotatable bonds is 3. The van der Waals surface area contributed by atoms with E-state index >= 15 is 0 Å². The van der Waals surface area contributed by atoms with Crippen LogP contribution in [-0.2, 0) is 17.7 Å². The van der Waals surface area contributed by atoms with E-state index < -0.39 is 5.91 Å². The summed E-state index contributed by atoms with van der Waals surface area (Å²) in [6.45, 7) is 2.77. The van der Waals surface area contributed by atoms with Gasteiger partial charge in [0, 0.05) is 19.6 Å². The standard InChI is InChI=1S/C19H23IN4O2/c1-23-9-7-13(8-10-23)26-16-14-5-3-2-4-12(14)6-11-24-15(18(21)25)17(20)22-19(16)24/h2-5,13,16H,6-11H2,1H3,(H2,21,25). The third-order valence-electron chi connectivity index (χ3n) is 5.36. The molecule has 1 atom stereocenters. The first-order valence-electron chi connectivity index (χ1n) is 9.02.